The fraction of sp³-hybridized carbons (Fsp3) is 0.333. The molecule has 2 aromatic heterocycles. The summed E-state index contributed by atoms with van der Waals surface area (Å²) in [7, 11) is 1.64. The molecule has 1 amide bonds. The van der Waals surface area contributed by atoms with Crippen molar-refractivity contribution in [3.63, 3.8) is 0 Å². The summed E-state index contributed by atoms with van der Waals surface area (Å²) in [6.45, 7) is 5.89. The predicted octanol–water partition coefficient (Wildman–Crippen LogP) is 3.70. The number of rotatable bonds is 6. The fourth-order valence-electron chi connectivity index (χ4n) is 2.82. The van der Waals surface area contributed by atoms with Gasteiger partial charge in [-0.2, -0.15) is 0 Å². The summed E-state index contributed by atoms with van der Waals surface area (Å²) in [6.07, 6.45) is 1.63. The second kappa shape index (κ2) is 7.70. The van der Waals surface area contributed by atoms with E-state index in [0.29, 0.717) is 12.3 Å². The molecule has 0 fully saturated rings. The van der Waals surface area contributed by atoms with Crippen molar-refractivity contribution < 1.29 is 23.2 Å². The molecule has 6 nitrogen and oxygen atoms in total. The van der Waals surface area contributed by atoms with Crippen LogP contribution >= 0.6 is 0 Å². The van der Waals surface area contributed by atoms with Gasteiger partial charge in [-0.1, -0.05) is 0 Å². The van der Waals surface area contributed by atoms with Crippen LogP contribution in [0.3, 0.4) is 0 Å². The van der Waals surface area contributed by atoms with E-state index in [9.17, 15) is 9.59 Å². The number of nitrogens with zero attached hydrogens (tertiary/aromatic N) is 1. The number of amides is 1. The van der Waals surface area contributed by atoms with Gasteiger partial charge in [0.05, 0.1) is 19.2 Å². The van der Waals surface area contributed by atoms with Gasteiger partial charge in [0, 0.05) is 18.0 Å². The Morgan fingerprint density at radius 2 is 1.85 bits per heavy atom. The predicted molar refractivity (Wildman–Crippen MR) is 100 cm³/mol. The molecule has 6 heteroatoms. The van der Waals surface area contributed by atoms with Crippen LogP contribution in [0.15, 0.2) is 39.4 Å². The van der Waals surface area contributed by atoms with Crippen LogP contribution in [0, 0.1) is 20.8 Å². The van der Waals surface area contributed by atoms with Crippen molar-refractivity contribution in [1.29, 1.82) is 0 Å². The van der Waals surface area contributed by atoms with Gasteiger partial charge in [-0.05, 0) is 56.2 Å². The summed E-state index contributed by atoms with van der Waals surface area (Å²) in [5.74, 6) is 0.715. The maximum atomic E-state index is 12.1. The lowest BCUT2D eigenvalue weighted by molar-refractivity contribution is -0.151. The number of hydrogen-bond acceptors (Lipinski definition) is 5. The number of carbonyl (C=O) groups excluding carboxylic acids is 2. The largest absolute Gasteiger partial charge is 0.464 e. The standard InChI is InChI=1S/C21H23NO5/c1-13-7-18-16(11-25-19(18)8-14(13)2)9-21(24)26-12-20(23)22(4)10-17-6-5-15(3)27-17/h5-8,11H,9-10,12H2,1-4H3. The molecule has 0 spiro atoms. The van der Waals surface area contributed by atoms with Crippen molar-refractivity contribution >= 4 is 22.8 Å². The Morgan fingerprint density at radius 3 is 2.56 bits per heavy atom. The number of furan rings is 2. The number of aryl methyl sites for hydroxylation is 3. The van der Waals surface area contributed by atoms with Crippen LogP contribution in [-0.4, -0.2) is 30.4 Å². The maximum Gasteiger partial charge on any atom is 0.310 e. The minimum absolute atomic E-state index is 0.0594. The third-order valence-corrected chi connectivity index (χ3v) is 4.58. The Labute approximate surface area is 157 Å². The van der Waals surface area contributed by atoms with E-state index in [1.54, 1.807) is 13.3 Å². The Hall–Kier alpha value is -3.02. The third kappa shape index (κ3) is 4.39. The van der Waals surface area contributed by atoms with E-state index >= 15 is 0 Å². The van der Waals surface area contributed by atoms with E-state index in [1.165, 1.54) is 4.90 Å². The van der Waals surface area contributed by atoms with Crippen LogP contribution in [0.4, 0.5) is 0 Å². The van der Waals surface area contributed by atoms with Gasteiger partial charge in [-0.3, -0.25) is 9.59 Å². The first kappa shape index (κ1) is 18.8. The van der Waals surface area contributed by atoms with Crippen LogP contribution in [0.5, 0.6) is 0 Å². The normalized spacial score (nSPS) is 11.0. The number of likely N-dealkylation sites (N-methyl/N-ethyl adjacent to an activating group) is 1. The topological polar surface area (TPSA) is 72.9 Å². The lowest BCUT2D eigenvalue weighted by Crippen LogP contribution is -2.30. The van der Waals surface area contributed by atoms with Crippen molar-refractivity contribution in [1.82, 2.24) is 4.90 Å². The monoisotopic (exact) mass is 369 g/mol. The number of fused-ring (bicyclic) bond motifs is 1. The van der Waals surface area contributed by atoms with Crippen molar-refractivity contribution in [2.75, 3.05) is 13.7 Å². The van der Waals surface area contributed by atoms with E-state index in [4.69, 9.17) is 13.6 Å². The molecular weight excluding hydrogens is 346 g/mol. The average molecular weight is 369 g/mol. The van der Waals surface area contributed by atoms with Crippen LogP contribution in [-0.2, 0) is 27.3 Å². The molecule has 1 aromatic carbocycles. The second-order valence-electron chi connectivity index (χ2n) is 6.79. The van der Waals surface area contributed by atoms with E-state index in [-0.39, 0.29) is 18.9 Å². The Bertz CT molecular complexity index is 982. The summed E-state index contributed by atoms with van der Waals surface area (Å²) in [5.41, 5.74) is 3.75. The van der Waals surface area contributed by atoms with Crippen molar-refractivity contribution in [2.45, 2.75) is 33.7 Å². The summed E-state index contributed by atoms with van der Waals surface area (Å²) in [6, 6.07) is 7.61. The zero-order valence-corrected chi connectivity index (χ0v) is 16.0. The molecule has 0 saturated heterocycles. The lowest BCUT2D eigenvalue weighted by atomic mass is 10.0. The molecule has 0 bridgehead atoms. The van der Waals surface area contributed by atoms with Gasteiger partial charge in [-0.25, -0.2) is 0 Å². The molecule has 142 valence electrons. The van der Waals surface area contributed by atoms with Gasteiger partial charge in [0.25, 0.3) is 5.91 Å². The van der Waals surface area contributed by atoms with Crippen LogP contribution < -0.4 is 0 Å². The number of benzene rings is 1. The molecule has 3 aromatic rings. The van der Waals surface area contributed by atoms with Crippen LogP contribution in [0.2, 0.25) is 0 Å². The third-order valence-electron chi connectivity index (χ3n) is 4.58. The molecule has 0 atom stereocenters. The molecule has 0 saturated carbocycles. The van der Waals surface area contributed by atoms with Crippen LogP contribution in [0.1, 0.15) is 28.2 Å². The van der Waals surface area contributed by atoms with Gasteiger partial charge in [0.2, 0.25) is 0 Å². The highest BCUT2D eigenvalue weighted by molar-refractivity contribution is 5.87. The molecule has 0 aliphatic heterocycles. The van der Waals surface area contributed by atoms with Crippen LogP contribution in [0.25, 0.3) is 11.0 Å². The highest BCUT2D eigenvalue weighted by Gasteiger charge is 2.16. The summed E-state index contributed by atoms with van der Waals surface area (Å²) in [5, 5.41) is 0.895. The zero-order valence-electron chi connectivity index (χ0n) is 16.0. The highest BCUT2D eigenvalue weighted by atomic mass is 16.5. The fourth-order valence-corrected chi connectivity index (χ4v) is 2.82. The highest BCUT2D eigenvalue weighted by Crippen LogP contribution is 2.25. The van der Waals surface area contributed by atoms with Crippen molar-refractivity contribution in [2.24, 2.45) is 0 Å². The first-order chi connectivity index (χ1) is 12.8. The molecular formula is C21H23NO5. The minimum atomic E-state index is -0.466. The van der Waals surface area contributed by atoms with Gasteiger partial charge in [-0.15, -0.1) is 0 Å². The summed E-state index contributed by atoms with van der Waals surface area (Å²) < 4.78 is 16.1. The SMILES string of the molecule is Cc1ccc(CN(C)C(=O)COC(=O)Cc2coc3cc(C)c(C)cc23)o1. The molecule has 3 rings (SSSR count). The van der Waals surface area contributed by atoms with E-state index in [0.717, 1.165) is 33.4 Å². The molecule has 0 radical (unpaired) electrons. The van der Waals surface area contributed by atoms with Gasteiger partial charge in [0.15, 0.2) is 6.61 Å². The van der Waals surface area contributed by atoms with Gasteiger partial charge in [0.1, 0.15) is 17.1 Å². The molecule has 0 aliphatic carbocycles. The Morgan fingerprint density at radius 1 is 1.11 bits per heavy atom. The van der Waals surface area contributed by atoms with Gasteiger partial charge >= 0.3 is 5.97 Å². The summed E-state index contributed by atoms with van der Waals surface area (Å²) in [4.78, 5) is 25.7. The van der Waals surface area contributed by atoms with Gasteiger partial charge < -0.3 is 18.5 Å². The molecule has 0 aliphatic rings. The van der Waals surface area contributed by atoms with E-state index in [2.05, 4.69) is 0 Å². The lowest BCUT2D eigenvalue weighted by Gasteiger charge is -2.15. The Balaban J connectivity index is 1.55. The zero-order chi connectivity index (χ0) is 19.6. The molecule has 27 heavy (non-hydrogen) atoms. The quantitative estimate of drug-likeness (QED) is 0.620. The summed E-state index contributed by atoms with van der Waals surface area (Å²) >= 11 is 0. The molecule has 0 unspecified atom stereocenters. The number of ether oxygens (including phenoxy) is 1. The number of carbonyl (C=O) groups is 2. The van der Waals surface area contributed by atoms with E-state index < -0.39 is 5.97 Å². The average Bonchev–Trinajstić information content (AvgIpc) is 3.19. The second-order valence-corrected chi connectivity index (χ2v) is 6.79. The first-order valence-electron chi connectivity index (χ1n) is 8.75. The first-order valence-corrected chi connectivity index (χ1v) is 8.75. The smallest absolute Gasteiger partial charge is 0.310 e. The van der Waals surface area contributed by atoms with Crippen molar-refractivity contribution in [3.8, 4) is 0 Å². The number of hydrogen-bond donors (Lipinski definition) is 0. The van der Waals surface area contributed by atoms with Crippen molar-refractivity contribution in [3.05, 3.63) is 58.7 Å². The Kier molecular flexibility index (Phi) is 5.35. The van der Waals surface area contributed by atoms with E-state index in [1.807, 2.05) is 45.0 Å². The number of esters is 1. The minimum Gasteiger partial charge on any atom is -0.464 e. The maximum absolute atomic E-state index is 12.1. The molecule has 0 N–H and O–H groups in total. The molecule has 2 heterocycles.